The van der Waals surface area contributed by atoms with Crippen molar-refractivity contribution in [1.82, 2.24) is 19.6 Å². The molecular formula is C19H33GdN5O8-. The molecule has 1 unspecified atom stereocenters. The molecule has 0 aromatic heterocycles. The van der Waals surface area contributed by atoms with Crippen LogP contribution in [0.15, 0.2) is 0 Å². The molecule has 1 atom stereocenters. The number of carboxylic acid groups (broad SMARTS) is 3. The van der Waals surface area contributed by atoms with Crippen LogP contribution >= 0.6 is 0 Å². The fourth-order valence-corrected chi connectivity index (χ4v) is 3.59. The molecule has 13 nitrogen and oxygen atoms in total. The largest absolute Gasteiger partial charge is 3.00 e. The van der Waals surface area contributed by atoms with Crippen molar-refractivity contribution in [3.05, 3.63) is 0 Å². The first-order valence-corrected chi connectivity index (χ1v) is 10.4. The van der Waals surface area contributed by atoms with E-state index >= 15 is 0 Å². The summed E-state index contributed by atoms with van der Waals surface area (Å²) < 4.78 is 0. The van der Waals surface area contributed by atoms with Crippen molar-refractivity contribution in [2.75, 3.05) is 78.5 Å². The van der Waals surface area contributed by atoms with Gasteiger partial charge in [0.2, 0.25) is 0 Å². The van der Waals surface area contributed by atoms with Crippen LogP contribution in [0.3, 0.4) is 0 Å². The van der Waals surface area contributed by atoms with Crippen molar-refractivity contribution in [1.29, 1.82) is 0 Å². The van der Waals surface area contributed by atoms with Crippen molar-refractivity contribution in [3.63, 3.8) is 0 Å². The summed E-state index contributed by atoms with van der Waals surface area (Å²) in [6.07, 6.45) is 1.53. The number of rotatable bonds is 11. The molecule has 0 bridgehead atoms. The van der Waals surface area contributed by atoms with Gasteiger partial charge in [0, 0.05) is 71.5 Å². The summed E-state index contributed by atoms with van der Waals surface area (Å²) in [5.41, 5.74) is 5.52. The molecule has 0 saturated carbocycles. The van der Waals surface area contributed by atoms with E-state index in [0.29, 0.717) is 45.6 Å². The number of hydrogen-bond donors (Lipinski definition) is 1. The second-order valence-electron chi connectivity index (χ2n) is 7.57. The predicted molar refractivity (Wildman–Crippen MR) is 106 cm³/mol. The summed E-state index contributed by atoms with van der Waals surface area (Å²) in [6, 6.07) is -0.885. The van der Waals surface area contributed by atoms with Crippen LogP contribution < -0.4 is 21.1 Å². The van der Waals surface area contributed by atoms with Crippen LogP contribution in [0.4, 0.5) is 0 Å². The second kappa shape index (κ2) is 19.5. The van der Waals surface area contributed by atoms with Gasteiger partial charge >= 0.3 is 39.9 Å². The van der Waals surface area contributed by atoms with Crippen molar-refractivity contribution in [3.8, 4) is 0 Å². The number of hydrogen-bond acceptors (Lipinski definition) is 13. The fourth-order valence-electron chi connectivity index (χ4n) is 3.59. The van der Waals surface area contributed by atoms with E-state index in [0.717, 1.165) is 6.29 Å². The van der Waals surface area contributed by atoms with E-state index in [-0.39, 0.29) is 91.2 Å². The van der Waals surface area contributed by atoms with Gasteiger partial charge in [0.05, 0.1) is 24.5 Å². The van der Waals surface area contributed by atoms with Gasteiger partial charge in [-0.15, -0.1) is 0 Å². The van der Waals surface area contributed by atoms with Gasteiger partial charge in [-0.3, -0.25) is 19.6 Å². The molecule has 1 radical (unpaired) electrons. The SMILES string of the molecule is NCCCC(C(=O)[O-])N1CCN(CC=O)CCN(CC(=O)[O-])CCN(CC(=O)[O-])CC1.[Gd+3].[OH-]. The number of nitrogens with two attached hydrogens (primary N) is 1. The van der Waals surface area contributed by atoms with Gasteiger partial charge in [0.15, 0.2) is 0 Å². The van der Waals surface area contributed by atoms with E-state index in [4.69, 9.17) is 5.73 Å². The monoisotopic (exact) mass is 617 g/mol. The molecule has 1 aliphatic heterocycles. The molecule has 3 N–H and O–H groups in total. The summed E-state index contributed by atoms with van der Waals surface area (Å²) >= 11 is 0. The molecule has 33 heavy (non-hydrogen) atoms. The Morgan fingerprint density at radius 1 is 0.818 bits per heavy atom. The molecule has 0 aliphatic carbocycles. The Morgan fingerprint density at radius 3 is 1.64 bits per heavy atom. The zero-order valence-corrected chi connectivity index (χ0v) is 20.8. The molecule has 0 aromatic carbocycles. The Hall–Kier alpha value is -0.835. The quantitative estimate of drug-likeness (QED) is 0.215. The van der Waals surface area contributed by atoms with Gasteiger partial charge < -0.3 is 45.7 Å². The first-order chi connectivity index (χ1) is 14.8. The van der Waals surface area contributed by atoms with Gasteiger partial charge in [-0.05, 0) is 19.4 Å². The predicted octanol–water partition coefficient (Wildman–Crippen LogP) is -6.41. The number of carbonyl (C=O) groups excluding carboxylic acids is 4. The average molecular weight is 617 g/mol. The third kappa shape index (κ3) is 14.9. The molecule has 14 heteroatoms. The molecule has 1 saturated heterocycles. The van der Waals surface area contributed by atoms with E-state index < -0.39 is 23.9 Å². The second-order valence-corrected chi connectivity index (χ2v) is 7.57. The first kappa shape index (κ1) is 34.3. The molecule has 1 heterocycles. The maximum absolute atomic E-state index is 11.7. The van der Waals surface area contributed by atoms with Crippen LogP contribution in [0.2, 0.25) is 0 Å². The minimum atomic E-state index is -1.28. The van der Waals surface area contributed by atoms with Gasteiger partial charge in [0.1, 0.15) is 6.29 Å². The van der Waals surface area contributed by atoms with E-state index in [1.54, 1.807) is 14.7 Å². The van der Waals surface area contributed by atoms with Gasteiger partial charge in [-0.2, -0.15) is 0 Å². The minimum absolute atomic E-state index is 0. The van der Waals surface area contributed by atoms with Crippen LogP contribution in [-0.4, -0.2) is 134 Å². The minimum Gasteiger partial charge on any atom is -0.870 e. The van der Waals surface area contributed by atoms with E-state index in [2.05, 4.69) is 0 Å². The normalized spacial score (nSPS) is 18.6. The van der Waals surface area contributed by atoms with Crippen molar-refractivity contribution < 1.29 is 79.9 Å². The third-order valence-corrected chi connectivity index (χ3v) is 5.30. The summed E-state index contributed by atoms with van der Waals surface area (Å²) in [7, 11) is 0. The Balaban J connectivity index is 0. The Labute approximate surface area is 225 Å². The summed E-state index contributed by atoms with van der Waals surface area (Å²) in [6.45, 7) is 2.23. The summed E-state index contributed by atoms with van der Waals surface area (Å²) in [5.74, 6) is -3.75. The van der Waals surface area contributed by atoms with Crippen molar-refractivity contribution >= 4 is 24.2 Å². The molecule has 1 fully saturated rings. The third-order valence-electron chi connectivity index (χ3n) is 5.30. The Bertz CT molecular complexity index is 601. The van der Waals surface area contributed by atoms with E-state index in [1.165, 1.54) is 0 Å². The van der Waals surface area contributed by atoms with Crippen LogP contribution in [0.5, 0.6) is 0 Å². The molecule has 191 valence electrons. The number of nitrogens with zero attached hydrogens (tertiary/aromatic N) is 4. The molecule has 0 aromatic rings. The Kier molecular flexibility index (Phi) is 20.3. The standard InChI is InChI=1S/C19H35N5O7.Gd.H2O/c20-3-1-2-16(19(30)31)24-10-8-21(12-13-25)4-5-22(14-17(26)27)6-7-23(9-11-24)15-18(28)29;;/h13,16H,1-12,14-15,20H2,(H,26,27)(H,28,29)(H,30,31);;1H2/q;+3;/p-4. The molecule has 0 spiro atoms. The maximum Gasteiger partial charge on any atom is 3.00 e. The van der Waals surface area contributed by atoms with Gasteiger partial charge in [-0.25, -0.2) is 0 Å². The molecule has 1 aliphatic rings. The maximum atomic E-state index is 11.7. The fraction of sp³-hybridized carbons (Fsp3) is 0.789. The van der Waals surface area contributed by atoms with Crippen molar-refractivity contribution in [2.45, 2.75) is 18.9 Å². The zero-order chi connectivity index (χ0) is 23.2. The van der Waals surface area contributed by atoms with Crippen LogP contribution in [0.1, 0.15) is 12.8 Å². The first-order valence-electron chi connectivity index (χ1n) is 10.4. The van der Waals surface area contributed by atoms with Crippen LogP contribution in [0.25, 0.3) is 0 Å². The average Bonchev–Trinajstić information content (AvgIpc) is 2.68. The van der Waals surface area contributed by atoms with Crippen molar-refractivity contribution in [2.24, 2.45) is 5.73 Å². The van der Waals surface area contributed by atoms with Crippen LogP contribution in [0, 0.1) is 39.9 Å². The smallest absolute Gasteiger partial charge is 0.870 e. The van der Waals surface area contributed by atoms with E-state index in [1.807, 2.05) is 4.90 Å². The number of carboxylic acids is 3. The van der Waals surface area contributed by atoms with E-state index in [9.17, 15) is 34.5 Å². The zero-order valence-electron chi connectivity index (χ0n) is 18.6. The summed E-state index contributed by atoms with van der Waals surface area (Å²) in [5, 5.41) is 33.9. The number of aldehydes is 1. The summed E-state index contributed by atoms with van der Waals surface area (Å²) in [4.78, 5) is 51.7. The van der Waals surface area contributed by atoms with Crippen LogP contribution in [-0.2, 0) is 19.2 Å². The topological polar surface area (TPSA) is 206 Å². The van der Waals surface area contributed by atoms with Gasteiger partial charge in [0.25, 0.3) is 0 Å². The van der Waals surface area contributed by atoms with Gasteiger partial charge in [-0.1, -0.05) is 0 Å². The molecule has 0 amide bonds. The number of aliphatic carboxylic acids is 3. The molecular weight excluding hydrogens is 583 g/mol. The molecule has 1 rings (SSSR count). The Morgan fingerprint density at radius 2 is 1.24 bits per heavy atom. The number of carbonyl (C=O) groups is 4.